The van der Waals surface area contributed by atoms with Gasteiger partial charge in [0.25, 0.3) is 0 Å². The van der Waals surface area contributed by atoms with Gasteiger partial charge in [0.05, 0.1) is 16.6 Å². The number of benzene rings is 1. The smallest absolute Gasteiger partial charge is 0.247 e. The van der Waals surface area contributed by atoms with E-state index in [4.69, 9.17) is 0 Å². The van der Waals surface area contributed by atoms with Crippen LogP contribution in [0.2, 0.25) is 0 Å². The predicted octanol–water partition coefficient (Wildman–Crippen LogP) is 4.13. The largest absolute Gasteiger partial charge is 0.396 e. The highest BCUT2D eigenvalue weighted by Crippen LogP contribution is 2.69. The molecule has 0 radical (unpaired) electrons. The lowest BCUT2D eigenvalue weighted by Gasteiger charge is -2.44. The van der Waals surface area contributed by atoms with Crippen molar-refractivity contribution in [3.63, 3.8) is 0 Å². The average Bonchev–Trinajstić information content (AvgIpc) is 3.49. The van der Waals surface area contributed by atoms with Crippen LogP contribution in [0.3, 0.4) is 0 Å². The molecule has 3 aliphatic rings. The van der Waals surface area contributed by atoms with Gasteiger partial charge in [-0.2, -0.15) is 0 Å². The first-order chi connectivity index (χ1) is 18.5. The number of hydrogen-bond acceptors (Lipinski definition) is 5. The summed E-state index contributed by atoms with van der Waals surface area (Å²) in [7, 11) is 0. The summed E-state index contributed by atoms with van der Waals surface area (Å²) in [5.74, 6) is -1.26. The van der Waals surface area contributed by atoms with E-state index in [-0.39, 0.29) is 35.5 Å². The summed E-state index contributed by atoms with van der Waals surface area (Å²) in [6.07, 6.45) is 5.37. The van der Waals surface area contributed by atoms with Crippen LogP contribution in [0, 0.1) is 17.8 Å². The van der Waals surface area contributed by atoms with Gasteiger partial charge in [0.2, 0.25) is 17.7 Å². The number of rotatable bonds is 11. The molecule has 3 saturated heterocycles. The van der Waals surface area contributed by atoms with E-state index in [1.165, 1.54) is 0 Å². The number of para-hydroxylation sites is 1. The molecule has 212 valence electrons. The van der Waals surface area contributed by atoms with Crippen molar-refractivity contribution in [2.75, 3.05) is 31.1 Å². The number of nitrogens with zero attached hydrogens (tertiary/aromatic N) is 3. The van der Waals surface area contributed by atoms with E-state index < -0.39 is 28.2 Å². The summed E-state index contributed by atoms with van der Waals surface area (Å²) in [6.45, 7) is 17.0. The van der Waals surface area contributed by atoms with Crippen molar-refractivity contribution in [1.29, 1.82) is 0 Å². The molecule has 7 nitrogen and oxygen atoms in total. The first-order valence-electron chi connectivity index (χ1n) is 14.0. The van der Waals surface area contributed by atoms with Crippen LogP contribution in [0.15, 0.2) is 55.6 Å². The Hall–Kier alpha value is -2.58. The standard InChI is InChI=1S/C31H43N3O4S/c1-7-16-32(22-14-10-9-11-15-22)27(36)24-23-20-21(3)31(39-23)25(24)28(37)33(18-12-13-19-35)26(31)29(38)34(17-8-2)30(4,5)6/h7-11,14-15,21,23-26,35H,1-2,12-13,16-20H2,3-6H3/t21?,23-,24+,25-,26?,31?/m0/s1. The lowest BCUT2D eigenvalue weighted by atomic mass is 9.65. The summed E-state index contributed by atoms with van der Waals surface area (Å²) < 4.78 is -0.681. The number of carbonyl (C=O) groups excluding carboxylic acids is 3. The molecular weight excluding hydrogens is 510 g/mol. The van der Waals surface area contributed by atoms with E-state index in [0.29, 0.717) is 32.5 Å². The molecule has 4 rings (SSSR count). The lowest BCUT2D eigenvalue weighted by Crippen LogP contribution is -2.60. The van der Waals surface area contributed by atoms with Crippen LogP contribution in [-0.2, 0) is 14.4 Å². The van der Waals surface area contributed by atoms with E-state index in [1.54, 1.807) is 33.7 Å². The van der Waals surface area contributed by atoms with Crippen LogP contribution >= 0.6 is 11.8 Å². The van der Waals surface area contributed by atoms with Gasteiger partial charge in [0.15, 0.2) is 0 Å². The maximum absolute atomic E-state index is 14.5. The van der Waals surface area contributed by atoms with Crippen molar-refractivity contribution < 1.29 is 19.5 Å². The summed E-state index contributed by atoms with van der Waals surface area (Å²) >= 11 is 1.70. The zero-order chi connectivity index (χ0) is 28.5. The van der Waals surface area contributed by atoms with E-state index >= 15 is 0 Å². The number of aliphatic hydroxyl groups is 1. The topological polar surface area (TPSA) is 81.2 Å². The molecule has 2 bridgehead atoms. The van der Waals surface area contributed by atoms with Crippen LogP contribution < -0.4 is 4.90 Å². The Kier molecular flexibility index (Phi) is 8.67. The number of aliphatic hydroxyl groups excluding tert-OH is 1. The van der Waals surface area contributed by atoms with Crippen molar-refractivity contribution in [1.82, 2.24) is 9.80 Å². The van der Waals surface area contributed by atoms with Gasteiger partial charge in [-0.15, -0.1) is 24.9 Å². The van der Waals surface area contributed by atoms with Crippen LogP contribution in [0.25, 0.3) is 0 Å². The van der Waals surface area contributed by atoms with Gasteiger partial charge in [0, 0.05) is 42.7 Å². The van der Waals surface area contributed by atoms with Crippen LogP contribution in [-0.4, -0.2) is 80.4 Å². The van der Waals surface area contributed by atoms with E-state index in [9.17, 15) is 19.5 Å². The van der Waals surface area contributed by atoms with Crippen molar-refractivity contribution in [2.24, 2.45) is 17.8 Å². The molecule has 1 spiro atoms. The van der Waals surface area contributed by atoms with Gasteiger partial charge < -0.3 is 19.8 Å². The Bertz CT molecular complexity index is 1100. The molecule has 8 heteroatoms. The lowest BCUT2D eigenvalue weighted by molar-refractivity contribution is -0.145. The summed E-state index contributed by atoms with van der Waals surface area (Å²) in [5.41, 5.74) is 0.313. The normalized spacial score (nSPS) is 29.3. The van der Waals surface area contributed by atoms with Gasteiger partial charge in [0.1, 0.15) is 6.04 Å². The number of anilines is 1. The zero-order valence-corrected chi connectivity index (χ0v) is 24.5. The minimum Gasteiger partial charge on any atom is -0.396 e. The highest BCUT2D eigenvalue weighted by atomic mass is 32.2. The maximum Gasteiger partial charge on any atom is 0.247 e. The summed E-state index contributed by atoms with van der Waals surface area (Å²) in [6, 6.07) is 8.85. The first kappa shape index (κ1) is 29.4. The molecule has 1 N–H and O–H groups in total. The van der Waals surface area contributed by atoms with Gasteiger partial charge in [-0.25, -0.2) is 0 Å². The number of likely N-dealkylation sites (tertiary alicyclic amines) is 1. The summed E-state index contributed by atoms with van der Waals surface area (Å²) in [5, 5.41) is 9.40. The Morgan fingerprint density at radius 2 is 1.79 bits per heavy atom. The van der Waals surface area contributed by atoms with Crippen molar-refractivity contribution in [3.8, 4) is 0 Å². The first-order valence-corrected chi connectivity index (χ1v) is 14.9. The SMILES string of the molecule is C=CCN(C(=O)[C@@H]1[C@@H]2CC(C)C3(S2)C(C(=O)N(CC=C)C(C)(C)C)N(CCCCO)C(=O)[C@H]13)c1ccccc1. The van der Waals surface area contributed by atoms with E-state index in [2.05, 4.69) is 20.1 Å². The Morgan fingerprint density at radius 3 is 2.38 bits per heavy atom. The van der Waals surface area contributed by atoms with Crippen molar-refractivity contribution >= 4 is 35.2 Å². The van der Waals surface area contributed by atoms with Gasteiger partial charge in [-0.3, -0.25) is 14.4 Å². The van der Waals surface area contributed by atoms with E-state index in [0.717, 1.165) is 12.1 Å². The molecule has 0 saturated carbocycles. The van der Waals surface area contributed by atoms with Gasteiger partial charge in [-0.05, 0) is 58.1 Å². The Labute approximate surface area is 237 Å². The van der Waals surface area contributed by atoms with Gasteiger partial charge in [-0.1, -0.05) is 37.3 Å². The van der Waals surface area contributed by atoms with Crippen molar-refractivity contribution in [3.05, 3.63) is 55.6 Å². The second-order valence-electron chi connectivity index (χ2n) is 12.0. The summed E-state index contributed by atoms with van der Waals surface area (Å²) in [4.78, 5) is 48.4. The number of hydrogen-bond donors (Lipinski definition) is 1. The predicted molar refractivity (Wildman–Crippen MR) is 157 cm³/mol. The van der Waals surface area contributed by atoms with Crippen LogP contribution in [0.4, 0.5) is 5.69 Å². The molecule has 3 amide bonds. The molecule has 1 aromatic carbocycles. The Balaban J connectivity index is 1.79. The molecule has 1 aromatic rings. The molecule has 0 aromatic heterocycles. The number of unbranched alkanes of at least 4 members (excludes halogenated alkanes) is 1. The van der Waals surface area contributed by atoms with Crippen LogP contribution in [0.5, 0.6) is 0 Å². The highest BCUT2D eigenvalue weighted by molar-refractivity contribution is 8.02. The number of carbonyl (C=O) groups is 3. The monoisotopic (exact) mass is 553 g/mol. The molecule has 39 heavy (non-hydrogen) atoms. The second kappa shape index (κ2) is 11.5. The number of fused-ring (bicyclic) bond motifs is 1. The molecule has 3 unspecified atom stereocenters. The quantitative estimate of drug-likeness (QED) is 0.329. The minimum absolute atomic E-state index is 0.0295. The highest BCUT2D eigenvalue weighted by Gasteiger charge is 2.76. The fourth-order valence-corrected chi connectivity index (χ4v) is 9.34. The number of thioether (sulfide) groups is 1. The zero-order valence-electron chi connectivity index (χ0n) is 23.7. The maximum atomic E-state index is 14.5. The average molecular weight is 554 g/mol. The molecule has 6 atom stereocenters. The third-order valence-electron chi connectivity index (χ3n) is 8.60. The van der Waals surface area contributed by atoms with Gasteiger partial charge >= 0.3 is 0 Å². The molecule has 3 aliphatic heterocycles. The molecule has 3 heterocycles. The molecule has 0 aliphatic carbocycles. The second-order valence-corrected chi connectivity index (χ2v) is 13.5. The fraction of sp³-hybridized carbons (Fsp3) is 0.581. The third-order valence-corrected chi connectivity index (χ3v) is 10.7. The van der Waals surface area contributed by atoms with Crippen LogP contribution in [0.1, 0.15) is 47.0 Å². The minimum atomic E-state index is -0.681. The van der Waals surface area contributed by atoms with E-state index in [1.807, 2.05) is 56.0 Å². The molecular formula is C31H43N3O4S. The third kappa shape index (κ3) is 4.95. The number of amides is 3. The fourth-order valence-electron chi connectivity index (χ4n) is 6.93. The van der Waals surface area contributed by atoms with Crippen molar-refractivity contribution in [2.45, 2.75) is 68.5 Å². The molecule has 3 fully saturated rings. The Morgan fingerprint density at radius 1 is 1.13 bits per heavy atom.